The maximum Gasteiger partial charge on any atom is 0.347 e. The number of nitrogens with two attached hydrogens (primary N) is 1. The van der Waals surface area contributed by atoms with Crippen LogP contribution in [0.15, 0.2) is 42.6 Å². The quantitative estimate of drug-likeness (QED) is 0.232. The predicted molar refractivity (Wildman–Crippen MR) is 167 cm³/mol. The molecule has 0 bridgehead atoms. The summed E-state index contributed by atoms with van der Waals surface area (Å²) in [6.07, 6.45) is 1.91. The standard InChI is InChI=1S/C30H42N6O6S/c1-9-11-22(28(38)42-30(6,7)8)41-21-16-17-23(32-18-21)33-27-24(26(31)37)25(34-36(27)29(3,4)5)19-12-14-20(15-13-19)35-43(39,40)10-2/h12-18,22,35H,9-11H2,1-8H3,(H2,31,37)(H,32,33). The molecular formula is C30H42N6O6S. The van der Waals surface area contributed by atoms with Crippen molar-refractivity contribution >= 4 is 39.2 Å². The van der Waals surface area contributed by atoms with Crippen LogP contribution in [0.3, 0.4) is 0 Å². The normalized spacial score (nSPS) is 12.8. The van der Waals surface area contributed by atoms with Gasteiger partial charge in [-0.2, -0.15) is 5.10 Å². The van der Waals surface area contributed by atoms with Crippen LogP contribution in [0.25, 0.3) is 11.3 Å². The van der Waals surface area contributed by atoms with E-state index in [-0.39, 0.29) is 11.3 Å². The summed E-state index contributed by atoms with van der Waals surface area (Å²) in [5, 5.41) is 7.90. The zero-order valence-corrected chi connectivity index (χ0v) is 26.8. The van der Waals surface area contributed by atoms with Gasteiger partial charge in [0.1, 0.15) is 34.2 Å². The van der Waals surface area contributed by atoms with Crippen molar-refractivity contribution in [1.82, 2.24) is 14.8 Å². The van der Waals surface area contributed by atoms with Crippen LogP contribution in [0.4, 0.5) is 17.3 Å². The molecule has 1 unspecified atom stereocenters. The van der Waals surface area contributed by atoms with Gasteiger partial charge >= 0.3 is 5.97 Å². The molecule has 0 spiro atoms. The van der Waals surface area contributed by atoms with E-state index in [1.54, 1.807) is 68.8 Å². The smallest absolute Gasteiger partial charge is 0.347 e. The Morgan fingerprint density at radius 3 is 2.16 bits per heavy atom. The molecule has 0 aliphatic heterocycles. The highest BCUT2D eigenvalue weighted by Crippen LogP contribution is 2.35. The first-order chi connectivity index (χ1) is 19.9. The first kappa shape index (κ1) is 33.4. The third kappa shape index (κ3) is 8.93. The van der Waals surface area contributed by atoms with Crippen LogP contribution < -0.4 is 20.5 Å². The zero-order chi connectivity index (χ0) is 32.2. The van der Waals surface area contributed by atoms with Crippen LogP contribution in [0.2, 0.25) is 0 Å². The number of pyridine rings is 1. The number of esters is 1. The third-order valence-electron chi connectivity index (χ3n) is 6.06. The molecule has 3 rings (SSSR count). The minimum Gasteiger partial charge on any atom is -0.477 e. The number of carbonyl (C=O) groups is 2. The second kappa shape index (κ2) is 13.0. The van der Waals surface area contributed by atoms with E-state index in [0.29, 0.717) is 40.8 Å². The number of anilines is 3. The molecule has 0 fully saturated rings. The molecule has 0 saturated heterocycles. The maximum absolute atomic E-state index is 12.8. The number of carbonyl (C=O) groups excluding carboxylic acids is 2. The van der Waals surface area contributed by atoms with Crippen LogP contribution in [-0.4, -0.2) is 52.5 Å². The third-order valence-corrected chi connectivity index (χ3v) is 7.37. The molecule has 13 heteroatoms. The second-order valence-electron chi connectivity index (χ2n) is 12.0. The van der Waals surface area contributed by atoms with Crippen LogP contribution in [0.5, 0.6) is 5.75 Å². The highest BCUT2D eigenvalue weighted by atomic mass is 32.2. The largest absolute Gasteiger partial charge is 0.477 e. The number of amides is 1. The summed E-state index contributed by atoms with van der Waals surface area (Å²) in [4.78, 5) is 29.9. The van der Waals surface area contributed by atoms with Crippen LogP contribution in [-0.2, 0) is 25.1 Å². The predicted octanol–water partition coefficient (Wildman–Crippen LogP) is 5.19. The number of nitrogens with one attached hydrogen (secondary N) is 2. The number of rotatable bonds is 12. The molecular weight excluding hydrogens is 572 g/mol. The van der Waals surface area contributed by atoms with E-state index in [2.05, 4.69) is 15.0 Å². The number of hydrogen-bond acceptors (Lipinski definition) is 9. The molecule has 0 saturated carbocycles. The van der Waals surface area contributed by atoms with E-state index >= 15 is 0 Å². The van der Waals surface area contributed by atoms with Crippen molar-refractivity contribution in [2.75, 3.05) is 15.8 Å². The van der Waals surface area contributed by atoms with Gasteiger partial charge < -0.3 is 20.5 Å². The average Bonchev–Trinajstić information content (AvgIpc) is 3.29. The topological polar surface area (TPSA) is 168 Å². The molecule has 234 valence electrons. The highest BCUT2D eigenvalue weighted by Gasteiger charge is 2.30. The number of benzene rings is 1. The van der Waals surface area contributed by atoms with Crippen molar-refractivity contribution in [3.8, 4) is 17.0 Å². The van der Waals surface area contributed by atoms with Crippen molar-refractivity contribution in [1.29, 1.82) is 0 Å². The summed E-state index contributed by atoms with van der Waals surface area (Å²) in [5.41, 5.74) is 6.09. The van der Waals surface area contributed by atoms with Gasteiger partial charge in [-0.1, -0.05) is 25.5 Å². The van der Waals surface area contributed by atoms with Crippen molar-refractivity contribution in [2.45, 2.75) is 85.5 Å². The average molecular weight is 615 g/mol. The highest BCUT2D eigenvalue weighted by molar-refractivity contribution is 7.92. The summed E-state index contributed by atoms with van der Waals surface area (Å²) in [6, 6.07) is 9.86. The van der Waals surface area contributed by atoms with Gasteiger partial charge in [0.05, 0.1) is 17.5 Å². The summed E-state index contributed by atoms with van der Waals surface area (Å²) < 4.78 is 39.5. The van der Waals surface area contributed by atoms with Gasteiger partial charge in [-0.25, -0.2) is 22.9 Å². The Bertz CT molecular complexity index is 1540. The zero-order valence-electron chi connectivity index (χ0n) is 26.0. The van der Waals surface area contributed by atoms with Crippen molar-refractivity contribution in [2.24, 2.45) is 5.73 Å². The van der Waals surface area contributed by atoms with Gasteiger partial charge in [-0.05, 0) is 79.2 Å². The number of aromatic nitrogens is 3. The molecule has 0 radical (unpaired) electrons. The SMILES string of the molecule is CCCC(Oc1ccc(Nc2c(C(N)=O)c(-c3ccc(NS(=O)(=O)CC)cc3)nn2C(C)(C)C)nc1)C(=O)OC(C)(C)C. The lowest BCUT2D eigenvalue weighted by atomic mass is 10.1. The monoisotopic (exact) mass is 614 g/mol. The molecule has 0 aliphatic rings. The fourth-order valence-corrected chi connectivity index (χ4v) is 4.71. The van der Waals surface area contributed by atoms with Gasteiger partial charge in [-0.15, -0.1) is 0 Å². The molecule has 1 amide bonds. The lowest BCUT2D eigenvalue weighted by Gasteiger charge is -2.24. The van der Waals surface area contributed by atoms with Gasteiger partial charge in [0.25, 0.3) is 5.91 Å². The summed E-state index contributed by atoms with van der Waals surface area (Å²) in [6.45, 7) is 14.7. The Hall–Kier alpha value is -4.13. The molecule has 4 N–H and O–H groups in total. The number of sulfonamides is 1. The van der Waals surface area contributed by atoms with Gasteiger partial charge in [0.2, 0.25) is 10.0 Å². The van der Waals surface area contributed by atoms with E-state index in [0.717, 1.165) is 6.42 Å². The molecule has 2 heterocycles. The van der Waals surface area contributed by atoms with Crippen LogP contribution >= 0.6 is 0 Å². The van der Waals surface area contributed by atoms with Gasteiger partial charge in [-0.3, -0.25) is 9.52 Å². The molecule has 1 atom stereocenters. The Morgan fingerprint density at radius 2 is 1.67 bits per heavy atom. The summed E-state index contributed by atoms with van der Waals surface area (Å²) in [7, 11) is -3.45. The van der Waals surface area contributed by atoms with Crippen molar-refractivity contribution in [3.05, 3.63) is 48.2 Å². The molecule has 1 aromatic carbocycles. The molecule has 3 aromatic rings. The van der Waals surface area contributed by atoms with Gasteiger partial charge in [0, 0.05) is 11.3 Å². The first-order valence-electron chi connectivity index (χ1n) is 14.1. The van der Waals surface area contributed by atoms with Crippen molar-refractivity contribution < 1.29 is 27.5 Å². The molecule has 2 aromatic heterocycles. The number of hydrogen-bond donors (Lipinski definition) is 3. The number of ether oxygens (including phenoxy) is 2. The minimum absolute atomic E-state index is 0.0597. The van der Waals surface area contributed by atoms with E-state index < -0.39 is 39.1 Å². The lowest BCUT2D eigenvalue weighted by molar-refractivity contribution is -0.163. The molecule has 0 aliphatic carbocycles. The van der Waals surface area contributed by atoms with Crippen LogP contribution in [0.1, 0.15) is 78.6 Å². The number of primary amides is 1. The van der Waals surface area contributed by atoms with Crippen LogP contribution in [0, 0.1) is 0 Å². The van der Waals surface area contributed by atoms with Gasteiger partial charge in [0.15, 0.2) is 6.10 Å². The summed E-state index contributed by atoms with van der Waals surface area (Å²) in [5.74, 6) is -0.0993. The minimum atomic E-state index is -3.45. The van der Waals surface area contributed by atoms with Crippen molar-refractivity contribution in [3.63, 3.8) is 0 Å². The Labute approximate surface area is 253 Å². The summed E-state index contributed by atoms with van der Waals surface area (Å²) >= 11 is 0. The fraction of sp³-hybridized carbons (Fsp3) is 0.467. The fourth-order valence-electron chi connectivity index (χ4n) is 4.07. The van der Waals surface area contributed by atoms with E-state index in [9.17, 15) is 18.0 Å². The molecule has 43 heavy (non-hydrogen) atoms. The Kier molecular flexibility index (Phi) is 10.1. The lowest BCUT2D eigenvalue weighted by Crippen LogP contribution is -2.35. The second-order valence-corrected chi connectivity index (χ2v) is 14.0. The number of nitrogens with zero attached hydrogens (tertiary/aromatic N) is 3. The maximum atomic E-state index is 12.8. The van der Waals surface area contributed by atoms with E-state index in [1.165, 1.54) is 6.20 Å². The molecule has 12 nitrogen and oxygen atoms in total. The Balaban J connectivity index is 1.94. The Morgan fingerprint density at radius 1 is 1.02 bits per heavy atom. The van der Waals surface area contributed by atoms with E-state index in [4.69, 9.17) is 20.3 Å². The van der Waals surface area contributed by atoms with E-state index in [1.807, 2.05) is 27.7 Å². The first-order valence-corrected chi connectivity index (χ1v) is 15.8.